The predicted octanol–water partition coefficient (Wildman–Crippen LogP) is 15.8. The van der Waals surface area contributed by atoms with Crippen LogP contribution < -0.4 is 5.32 Å². The highest BCUT2D eigenvalue weighted by Gasteiger charge is 2.24. The first kappa shape index (κ1) is 59.3. The highest BCUT2D eigenvalue weighted by atomic mass is 16.5. The number of allylic oxidation sites excluding steroid dienone is 12. The fraction of sp³-hybridized carbons (Fsp3) is 0.750. The molecule has 0 aliphatic heterocycles. The van der Waals surface area contributed by atoms with Gasteiger partial charge in [0.1, 0.15) is 6.10 Å². The van der Waals surface area contributed by atoms with E-state index in [0.717, 1.165) is 83.5 Å². The number of hydrogen-bond donors (Lipinski definition) is 3. The summed E-state index contributed by atoms with van der Waals surface area (Å²) >= 11 is 0. The lowest BCUT2D eigenvalue weighted by Gasteiger charge is -2.24. The highest BCUT2D eigenvalue weighted by Crippen LogP contribution is 2.17. The van der Waals surface area contributed by atoms with Gasteiger partial charge in [-0.25, -0.2) is 0 Å². The van der Waals surface area contributed by atoms with Crippen molar-refractivity contribution in [3.8, 4) is 0 Å². The number of hydrogen-bond acceptors (Lipinski definition) is 5. The zero-order chi connectivity index (χ0) is 45.2. The van der Waals surface area contributed by atoms with Crippen LogP contribution in [-0.2, 0) is 14.3 Å². The second-order valence-corrected chi connectivity index (χ2v) is 17.5. The molecule has 0 saturated carbocycles. The van der Waals surface area contributed by atoms with Gasteiger partial charge < -0.3 is 20.3 Å². The van der Waals surface area contributed by atoms with Gasteiger partial charge in [0.25, 0.3) is 0 Å². The molecule has 62 heavy (non-hydrogen) atoms. The minimum Gasteiger partial charge on any atom is -0.462 e. The Labute approximate surface area is 383 Å². The molecule has 0 spiro atoms. The lowest BCUT2D eigenvalue weighted by atomic mass is 10.0. The number of carbonyl (C=O) groups excluding carboxylic acids is 2. The van der Waals surface area contributed by atoms with Gasteiger partial charge in [0.2, 0.25) is 5.91 Å². The Kier molecular flexibility index (Phi) is 47.2. The second-order valence-electron chi connectivity index (χ2n) is 17.5. The van der Waals surface area contributed by atoms with Gasteiger partial charge in [0.05, 0.1) is 25.2 Å². The molecule has 0 fully saturated rings. The largest absolute Gasteiger partial charge is 0.462 e. The van der Waals surface area contributed by atoms with E-state index < -0.39 is 18.2 Å². The number of unbranched alkanes of at least 4 members (excludes halogenated alkanes) is 22. The molecular formula is C56H99NO5. The topological polar surface area (TPSA) is 95.9 Å². The number of aliphatic hydroxyl groups is 2. The molecule has 0 bridgehead atoms. The second kappa shape index (κ2) is 49.3. The molecule has 0 saturated heterocycles. The maximum Gasteiger partial charge on any atom is 0.306 e. The molecule has 0 aliphatic rings. The van der Waals surface area contributed by atoms with Crippen LogP contribution in [0.15, 0.2) is 72.9 Å². The van der Waals surface area contributed by atoms with Crippen LogP contribution in [0.5, 0.6) is 0 Å². The average molecular weight is 866 g/mol. The van der Waals surface area contributed by atoms with Crippen LogP contribution in [0.3, 0.4) is 0 Å². The van der Waals surface area contributed by atoms with Crippen molar-refractivity contribution in [2.45, 2.75) is 264 Å². The first-order chi connectivity index (χ1) is 30.5. The quantitative estimate of drug-likeness (QED) is 0.0322. The molecule has 1 amide bonds. The number of rotatable bonds is 46. The zero-order valence-electron chi connectivity index (χ0n) is 40.7. The molecule has 6 heteroatoms. The van der Waals surface area contributed by atoms with Crippen LogP contribution in [-0.4, -0.2) is 46.9 Å². The lowest BCUT2D eigenvalue weighted by Crippen LogP contribution is -2.46. The van der Waals surface area contributed by atoms with Crippen molar-refractivity contribution in [3.63, 3.8) is 0 Å². The van der Waals surface area contributed by atoms with E-state index in [0.29, 0.717) is 19.3 Å². The van der Waals surface area contributed by atoms with Crippen LogP contribution in [0.25, 0.3) is 0 Å². The molecule has 3 unspecified atom stereocenters. The van der Waals surface area contributed by atoms with Gasteiger partial charge in [-0.2, -0.15) is 0 Å². The minimum absolute atomic E-state index is 0.0346. The van der Waals surface area contributed by atoms with Crippen LogP contribution in [0.1, 0.15) is 245 Å². The fourth-order valence-electron chi connectivity index (χ4n) is 7.57. The first-order valence-electron chi connectivity index (χ1n) is 26.2. The van der Waals surface area contributed by atoms with Crippen molar-refractivity contribution in [2.24, 2.45) is 0 Å². The number of aliphatic hydroxyl groups excluding tert-OH is 2. The van der Waals surface area contributed by atoms with Gasteiger partial charge in [0, 0.05) is 6.42 Å². The monoisotopic (exact) mass is 866 g/mol. The molecule has 3 atom stereocenters. The Morgan fingerprint density at radius 1 is 0.484 bits per heavy atom. The summed E-state index contributed by atoms with van der Waals surface area (Å²) in [5.41, 5.74) is 0. The summed E-state index contributed by atoms with van der Waals surface area (Å²) < 4.78 is 5.91. The van der Waals surface area contributed by atoms with Crippen molar-refractivity contribution >= 4 is 11.9 Å². The summed E-state index contributed by atoms with van der Waals surface area (Å²) in [7, 11) is 0. The number of esters is 1. The van der Waals surface area contributed by atoms with Gasteiger partial charge in [-0.15, -0.1) is 0 Å². The summed E-state index contributed by atoms with van der Waals surface area (Å²) in [6.45, 7) is 6.33. The van der Waals surface area contributed by atoms with Crippen molar-refractivity contribution in [3.05, 3.63) is 72.9 Å². The molecule has 0 aromatic carbocycles. The fourth-order valence-corrected chi connectivity index (χ4v) is 7.57. The van der Waals surface area contributed by atoms with E-state index >= 15 is 0 Å². The van der Waals surface area contributed by atoms with E-state index in [1.54, 1.807) is 0 Å². The van der Waals surface area contributed by atoms with E-state index in [4.69, 9.17) is 4.74 Å². The van der Waals surface area contributed by atoms with E-state index in [9.17, 15) is 19.8 Å². The summed E-state index contributed by atoms with van der Waals surface area (Å²) in [4.78, 5) is 26.1. The standard InChI is InChI=1S/C56H99NO5/c1-4-7-10-13-16-19-21-23-25-27-29-31-33-36-38-41-44-47-52(50-55(60)57-53(51-58)54(59)48-45-42-39-35-18-15-12-9-6-3)62-56(61)49-46-43-40-37-34-32-30-28-26-24-22-20-17-14-11-8-5-2/h7,10,16,19,23-26,29,31,36,38,52-54,58-59H,4-6,8-9,11-15,17-18,20-22,27-28,30,32-35,37,39-51H2,1-3H3,(H,57,60)/b10-7-,19-16-,25-23-,26-24+,31-29-,38-36-. The maximum absolute atomic E-state index is 13.2. The zero-order valence-corrected chi connectivity index (χ0v) is 40.7. The number of nitrogens with one attached hydrogen (secondary N) is 1. The van der Waals surface area contributed by atoms with Gasteiger partial charge in [-0.3, -0.25) is 9.59 Å². The van der Waals surface area contributed by atoms with Crippen LogP contribution >= 0.6 is 0 Å². The van der Waals surface area contributed by atoms with Gasteiger partial charge in [-0.05, 0) is 89.9 Å². The number of ether oxygens (including phenoxy) is 1. The molecule has 358 valence electrons. The Hall–Kier alpha value is -2.70. The predicted molar refractivity (Wildman–Crippen MR) is 268 cm³/mol. The SMILES string of the molecule is CC/C=C\C/C=C\C/C=C\C/C=C\C/C=C\CCCC(CC(=O)NC(CO)C(O)CCCCCCCCCCC)OC(=O)CCCCCCCCC/C=C/CCCCCCCC. The lowest BCUT2D eigenvalue weighted by molar-refractivity contribution is -0.151. The molecule has 6 nitrogen and oxygen atoms in total. The van der Waals surface area contributed by atoms with E-state index in [-0.39, 0.29) is 24.9 Å². The van der Waals surface area contributed by atoms with E-state index in [1.807, 2.05) is 0 Å². The van der Waals surface area contributed by atoms with Gasteiger partial charge >= 0.3 is 5.97 Å². The molecule has 3 N–H and O–H groups in total. The van der Waals surface area contributed by atoms with E-state index in [2.05, 4.69) is 99.0 Å². The molecule has 0 radical (unpaired) electrons. The maximum atomic E-state index is 13.2. The Morgan fingerprint density at radius 3 is 1.37 bits per heavy atom. The summed E-state index contributed by atoms with van der Waals surface area (Å²) in [6.07, 6.45) is 62.6. The summed E-state index contributed by atoms with van der Waals surface area (Å²) in [5.74, 6) is -0.536. The number of carbonyl (C=O) groups is 2. The molecule has 0 aromatic rings. The molecular weight excluding hydrogens is 767 g/mol. The molecule has 0 rings (SSSR count). The third-order valence-corrected chi connectivity index (χ3v) is 11.5. The highest BCUT2D eigenvalue weighted by molar-refractivity contribution is 5.77. The Bertz CT molecular complexity index is 1150. The molecule has 0 aliphatic carbocycles. The van der Waals surface area contributed by atoms with Crippen molar-refractivity contribution in [1.82, 2.24) is 5.32 Å². The Morgan fingerprint density at radius 2 is 0.887 bits per heavy atom. The summed E-state index contributed by atoms with van der Waals surface area (Å²) in [5, 5.41) is 23.7. The molecule has 0 aromatic heterocycles. The van der Waals surface area contributed by atoms with Gasteiger partial charge in [-0.1, -0.05) is 216 Å². The van der Waals surface area contributed by atoms with Crippen LogP contribution in [0.2, 0.25) is 0 Å². The van der Waals surface area contributed by atoms with Crippen LogP contribution in [0, 0.1) is 0 Å². The minimum atomic E-state index is -0.804. The van der Waals surface area contributed by atoms with Crippen LogP contribution in [0.4, 0.5) is 0 Å². The first-order valence-corrected chi connectivity index (χ1v) is 26.2. The third-order valence-electron chi connectivity index (χ3n) is 11.5. The Balaban J connectivity index is 4.68. The normalized spacial score (nSPS) is 13.8. The van der Waals surface area contributed by atoms with Crippen molar-refractivity contribution in [2.75, 3.05) is 6.61 Å². The van der Waals surface area contributed by atoms with Crippen molar-refractivity contribution in [1.29, 1.82) is 0 Å². The smallest absolute Gasteiger partial charge is 0.306 e. The number of amides is 1. The van der Waals surface area contributed by atoms with Gasteiger partial charge in [0.15, 0.2) is 0 Å². The van der Waals surface area contributed by atoms with Crippen molar-refractivity contribution < 1.29 is 24.5 Å². The average Bonchev–Trinajstić information content (AvgIpc) is 3.26. The summed E-state index contributed by atoms with van der Waals surface area (Å²) in [6, 6.07) is -0.722. The molecule has 0 heterocycles. The third kappa shape index (κ3) is 43.9. The van der Waals surface area contributed by atoms with E-state index in [1.165, 1.54) is 116 Å².